The zero-order valence-electron chi connectivity index (χ0n) is 14.8. The summed E-state index contributed by atoms with van der Waals surface area (Å²) in [5.41, 5.74) is 1.40. The minimum atomic E-state index is -0.329. The molecule has 27 heavy (non-hydrogen) atoms. The molecule has 0 unspecified atom stereocenters. The number of aromatic nitrogens is 3. The number of carbonyl (C=O) groups is 1. The first-order valence-electron chi connectivity index (χ1n) is 9.01. The molecule has 140 valence electrons. The number of halogens is 1. The Bertz CT molecular complexity index is 943. The van der Waals surface area contributed by atoms with Crippen LogP contribution in [0.5, 0.6) is 0 Å². The topological polar surface area (TPSA) is 85.9 Å². The molecule has 8 heteroatoms. The van der Waals surface area contributed by atoms with Gasteiger partial charge in [-0.15, -0.1) is 0 Å². The zero-order chi connectivity index (χ0) is 18.6. The normalized spacial score (nSPS) is 17.1. The third-order valence-electron chi connectivity index (χ3n) is 4.70. The van der Waals surface area contributed by atoms with Gasteiger partial charge in [-0.1, -0.05) is 6.07 Å². The second-order valence-electron chi connectivity index (χ2n) is 6.65. The molecule has 1 saturated heterocycles. The molecule has 1 fully saturated rings. The maximum absolute atomic E-state index is 13.2. The van der Waals surface area contributed by atoms with Gasteiger partial charge in [0, 0.05) is 31.0 Å². The molecule has 1 aliphatic heterocycles. The fourth-order valence-electron chi connectivity index (χ4n) is 3.46. The van der Waals surface area contributed by atoms with E-state index in [-0.39, 0.29) is 24.3 Å². The monoisotopic (exact) mass is 368 g/mol. The smallest absolute Gasteiger partial charge is 0.239 e. The van der Waals surface area contributed by atoms with Crippen molar-refractivity contribution in [3.63, 3.8) is 0 Å². The quantitative estimate of drug-likeness (QED) is 0.643. The molecule has 7 nitrogen and oxygen atoms in total. The Morgan fingerprint density at radius 1 is 1.33 bits per heavy atom. The van der Waals surface area contributed by atoms with Gasteiger partial charge >= 0.3 is 0 Å². The molecule has 3 N–H and O–H groups in total. The van der Waals surface area contributed by atoms with Crippen LogP contribution in [0.25, 0.3) is 11.0 Å². The van der Waals surface area contributed by atoms with Crippen LogP contribution in [0.15, 0.2) is 42.9 Å². The van der Waals surface area contributed by atoms with Crippen LogP contribution in [-0.2, 0) is 4.79 Å². The number of carbonyl (C=O) groups excluding carboxylic acids is 1. The maximum atomic E-state index is 13.2. The Morgan fingerprint density at radius 3 is 3.15 bits per heavy atom. The molecule has 0 spiro atoms. The molecule has 0 aliphatic carbocycles. The molecule has 3 heterocycles. The van der Waals surface area contributed by atoms with E-state index in [2.05, 4.69) is 30.5 Å². The van der Waals surface area contributed by atoms with E-state index in [1.165, 1.54) is 12.1 Å². The van der Waals surface area contributed by atoms with E-state index >= 15 is 0 Å². The fraction of sp³-hybridized carbons (Fsp3) is 0.316. The van der Waals surface area contributed by atoms with Crippen LogP contribution in [0, 0.1) is 5.82 Å². The number of amides is 1. The van der Waals surface area contributed by atoms with Crippen molar-refractivity contribution in [1.29, 1.82) is 0 Å². The van der Waals surface area contributed by atoms with Crippen LogP contribution < -0.4 is 15.5 Å². The highest BCUT2D eigenvalue weighted by molar-refractivity contribution is 5.87. The lowest BCUT2D eigenvalue weighted by molar-refractivity contribution is -0.120. The number of benzene rings is 1. The van der Waals surface area contributed by atoms with Gasteiger partial charge in [-0.25, -0.2) is 14.4 Å². The highest BCUT2D eigenvalue weighted by atomic mass is 19.1. The predicted octanol–water partition coefficient (Wildman–Crippen LogP) is 2.29. The first-order valence-corrected chi connectivity index (χ1v) is 9.01. The first kappa shape index (κ1) is 17.3. The second-order valence-corrected chi connectivity index (χ2v) is 6.65. The van der Waals surface area contributed by atoms with Gasteiger partial charge in [0.15, 0.2) is 0 Å². The van der Waals surface area contributed by atoms with Crippen molar-refractivity contribution in [1.82, 2.24) is 20.3 Å². The summed E-state index contributed by atoms with van der Waals surface area (Å²) in [6.45, 7) is 1.70. The molecule has 0 bridgehead atoms. The summed E-state index contributed by atoms with van der Waals surface area (Å²) in [5.74, 6) is 0.447. The van der Waals surface area contributed by atoms with Crippen molar-refractivity contribution >= 4 is 28.4 Å². The van der Waals surface area contributed by atoms with Crippen molar-refractivity contribution in [2.45, 2.75) is 18.9 Å². The van der Waals surface area contributed by atoms with Crippen LogP contribution in [0.4, 0.5) is 15.9 Å². The average molecular weight is 368 g/mol. The number of rotatable bonds is 5. The van der Waals surface area contributed by atoms with Crippen molar-refractivity contribution in [3.8, 4) is 0 Å². The largest absolute Gasteiger partial charge is 0.376 e. The Hall–Kier alpha value is -3.16. The number of anilines is 2. The van der Waals surface area contributed by atoms with Gasteiger partial charge in [-0.3, -0.25) is 4.79 Å². The number of nitrogens with zero attached hydrogens (tertiary/aromatic N) is 3. The minimum Gasteiger partial charge on any atom is -0.376 e. The fourth-order valence-corrected chi connectivity index (χ4v) is 3.46. The molecule has 2 aromatic heterocycles. The standard InChI is InChI=1S/C19H21FN6O/c20-13-3-1-4-14(9-13)22-10-17(27)25-15-5-2-8-26(11-15)19-16-6-7-21-18(16)23-12-24-19/h1,3-4,6-7,9,12,15,22H,2,5,8,10-11H2,(H,25,27)(H,21,23,24)/t15-/m0/s1. The van der Waals surface area contributed by atoms with E-state index in [0.717, 1.165) is 36.2 Å². The van der Waals surface area contributed by atoms with E-state index in [9.17, 15) is 9.18 Å². The molecule has 1 aromatic carbocycles. The average Bonchev–Trinajstić information content (AvgIpc) is 3.15. The number of aromatic amines is 1. The lowest BCUT2D eigenvalue weighted by Gasteiger charge is -2.34. The van der Waals surface area contributed by atoms with Crippen LogP contribution >= 0.6 is 0 Å². The van der Waals surface area contributed by atoms with Crippen molar-refractivity contribution < 1.29 is 9.18 Å². The van der Waals surface area contributed by atoms with Crippen LogP contribution in [-0.4, -0.2) is 46.5 Å². The maximum Gasteiger partial charge on any atom is 0.239 e. The minimum absolute atomic E-state index is 0.0458. The van der Waals surface area contributed by atoms with Crippen LogP contribution in [0.3, 0.4) is 0 Å². The number of piperidine rings is 1. The van der Waals surface area contributed by atoms with Gasteiger partial charge in [0.05, 0.1) is 11.9 Å². The molecule has 1 atom stereocenters. The number of hydrogen-bond acceptors (Lipinski definition) is 5. The summed E-state index contributed by atoms with van der Waals surface area (Å²) in [6, 6.07) is 8.09. The second kappa shape index (κ2) is 7.61. The molecule has 1 amide bonds. The summed E-state index contributed by atoms with van der Waals surface area (Å²) in [4.78, 5) is 26.2. The van der Waals surface area contributed by atoms with Gasteiger partial charge in [-0.2, -0.15) is 0 Å². The highest BCUT2D eigenvalue weighted by Gasteiger charge is 2.23. The summed E-state index contributed by atoms with van der Waals surface area (Å²) in [5, 5.41) is 6.99. The van der Waals surface area contributed by atoms with Gasteiger partial charge in [-0.05, 0) is 37.1 Å². The molecule has 1 aliphatic rings. The summed E-state index contributed by atoms with van der Waals surface area (Å²) in [6.07, 6.45) is 5.30. The predicted molar refractivity (Wildman–Crippen MR) is 102 cm³/mol. The van der Waals surface area contributed by atoms with E-state index in [1.54, 1.807) is 18.5 Å². The van der Waals surface area contributed by atoms with Gasteiger partial charge in [0.2, 0.25) is 5.91 Å². The Kier molecular flexibility index (Phi) is 4.86. The molecule has 4 rings (SSSR count). The molecule has 0 saturated carbocycles. The molecular formula is C19H21FN6O. The Balaban J connectivity index is 1.35. The lowest BCUT2D eigenvalue weighted by Crippen LogP contribution is -2.49. The SMILES string of the molecule is O=C(CNc1cccc(F)c1)N[C@H]1CCCN(c2ncnc3[nH]ccc23)C1. The van der Waals surface area contributed by atoms with Crippen molar-refractivity contribution in [2.24, 2.45) is 0 Å². The Morgan fingerprint density at radius 2 is 2.26 bits per heavy atom. The molecular weight excluding hydrogens is 347 g/mol. The molecule has 3 aromatic rings. The zero-order valence-corrected chi connectivity index (χ0v) is 14.8. The number of nitrogens with one attached hydrogen (secondary N) is 3. The summed E-state index contributed by atoms with van der Waals surface area (Å²) >= 11 is 0. The van der Waals surface area contributed by atoms with Crippen LogP contribution in [0.1, 0.15) is 12.8 Å². The number of fused-ring (bicyclic) bond motifs is 1. The van der Waals surface area contributed by atoms with Gasteiger partial charge in [0.25, 0.3) is 0 Å². The Labute approximate surface area is 156 Å². The first-order chi connectivity index (χ1) is 13.2. The third kappa shape index (κ3) is 3.99. The van der Waals surface area contributed by atoms with Crippen molar-refractivity contribution in [3.05, 3.63) is 48.7 Å². The summed E-state index contributed by atoms with van der Waals surface area (Å²) < 4.78 is 13.2. The van der Waals surface area contributed by atoms with Crippen LogP contribution in [0.2, 0.25) is 0 Å². The highest BCUT2D eigenvalue weighted by Crippen LogP contribution is 2.25. The van der Waals surface area contributed by atoms with E-state index in [0.29, 0.717) is 12.2 Å². The lowest BCUT2D eigenvalue weighted by atomic mass is 10.1. The van der Waals surface area contributed by atoms with Crippen molar-refractivity contribution in [2.75, 3.05) is 29.9 Å². The number of hydrogen-bond donors (Lipinski definition) is 3. The van der Waals surface area contributed by atoms with Gasteiger partial charge in [0.1, 0.15) is 23.6 Å². The van der Waals surface area contributed by atoms with E-state index in [1.807, 2.05) is 12.3 Å². The van der Waals surface area contributed by atoms with Gasteiger partial charge < -0.3 is 20.5 Å². The van der Waals surface area contributed by atoms with E-state index < -0.39 is 0 Å². The van der Waals surface area contributed by atoms with E-state index in [4.69, 9.17) is 0 Å². The number of H-pyrrole nitrogens is 1. The molecule has 0 radical (unpaired) electrons. The summed E-state index contributed by atoms with van der Waals surface area (Å²) in [7, 11) is 0. The third-order valence-corrected chi connectivity index (χ3v) is 4.70.